The summed E-state index contributed by atoms with van der Waals surface area (Å²) in [6.07, 6.45) is 0. The molecule has 2 aromatic heterocycles. The lowest BCUT2D eigenvalue weighted by Gasteiger charge is -2.08. The highest BCUT2D eigenvalue weighted by molar-refractivity contribution is 9.10. The standard InChI is InChI=1S/C13H14BrN5O/c1-7-5-9(6-12(16-7)19-15)13(20)18-11-4-3-10(14)8(2)17-11/h3-6H,15H2,1-2H3,(H,16,19)(H,17,18,20). The molecule has 1 amide bonds. The summed E-state index contributed by atoms with van der Waals surface area (Å²) >= 11 is 3.36. The maximum absolute atomic E-state index is 12.2. The van der Waals surface area contributed by atoms with Gasteiger partial charge in [-0.25, -0.2) is 15.8 Å². The number of carbonyl (C=O) groups is 1. The molecule has 0 spiro atoms. The van der Waals surface area contributed by atoms with E-state index in [4.69, 9.17) is 5.84 Å². The quantitative estimate of drug-likeness (QED) is 0.591. The molecule has 0 aliphatic heterocycles. The third-order valence-electron chi connectivity index (χ3n) is 2.63. The maximum atomic E-state index is 12.2. The van der Waals surface area contributed by atoms with E-state index in [0.717, 1.165) is 10.2 Å². The van der Waals surface area contributed by atoms with Gasteiger partial charge in [-0.15, -0.1) is 0 Å². The molecule has 0 saturated heterocycles. The fraction of sp³-hybridized carbons (Fsp3) is 0.154. The molecule has 0 aliphatic rings. The van der Waals surface area contributed by atoms with Crippen molar-refractivity contribution >= 4 is 33.5 Å². The number of hydrazine groups is 1. The number of nitrogen functional groups attached to an aromatic ring is 1. The summed E-state index contributed by atoms with van der Waals surface area (Å²) in [6.45, 7) is 3.65. The maximum Gasteiger partial charge on any atom is 0.257 e. The number of carbonyl (C=O) groups excluding carboxylic acids is 1. The Kier molecular flexibility index (Phi) is 4.31. The monoisotopic (exact) mass is 335 g/mol. The number of anilines is 2. The van der Waals surface area contributed by atoms with Crippen LogP contribution in [0.3, 0.4) is 0 Å². The second-order valence-electron chi connectivity index (χ2n) is 4.24. The number of halogens is 1. The van der Waals surface area contributed by atoms with E-state index >= 15 is 0 Å². The van der Waals surface area contributed by atoms with Crippen LogP contribution in [0.2, 0.25) is 0 Å². The zero-order chi connectivity index (χ0) is 14.7. The molecule has 0 atom stereocenters. The van der Waals surface area contributed by atoms with Crippen molar-refractivity contribution in [2.45, 2.75) is 13.8 Å². The number of nitrogens with zero attached hydrogens (tertiary/aromatic N) is 2. The number of aromatic nitrogens is 2. The van der Waals surface area contributed by atoms with Gasteiger partial charge in [-0.05, 0) is 54.0 Å². The largest absolute Gasteiger partial charge is 0.308 e. The van der Waals surface area contributed by atoms with E-state index in [-0.39, 0.29) is 5.91 Å². The van der Waals surface area contributed by atoms with Gasteiger partial charge in [0.25, 0.3) is 5.91 Å². The third-order valence-corrected chi connectivity index (χ3v) is 3.46. The number of rotatable bonds is 3. The van der Waals surface area contributed by atoms with Crippen molar-refractivity contribution in [2.75, 3.05) is 10.7 Å². The van der Waals surface area contributed by atoms with Gasteiger partial charge < -0.3 is 10.7 Å². The molecule has 0 aliphatic carbocycles. The van der Waals surface area contributed by atoms with Crippen LogP contribution >= 0.6 is 15.9 Å². The van der Waals surface area contributed by atoms with Gasteiger partial charge in [-0.1, -0.05) is 0 Å². The van der Waals surface area contributed by atoms with Crippen molar-refractivity contribution in [3.63, 3.8) is 0 Å². The van der Waals surface area contributed by atoms with E-state index in [9.17, 15) is 4.79 Å². The predicted molar refractivity (Wildman–Crippen MR) is 81.4 cm³/mol. The van der Waals surface area contributed by atoms with Gasteiger partial charge in [0, 0.05) is 15.7 Å². The van der Waals surface area contributed by atoms with E-state index in [1.54, 1.807) is 25.1 Å². The van der Waals surface area contributed by atoms with E-state index < -0.39 is 0 Å². The third kappa shape index (κ3) is 3.31. The van der Waals surface area contributed by atoms with Crippen LogP contribution in [0, 0.1) is 13.8 Å². The minimum absolute atomic E-state index is 0.263. The van der Waals surface area contributed by atoms with Gasteiger partial charge in [-0.3, -0.25) is 4.79 Å². The fourth-order valence-electron chi connectivity index (χ4n) is 1.68. The van der Waals surface area contributed by atoms with Crippen LogP contribution in [-0.4, -0.2) is 15.9 Å². The van der Waals surface area contributed by atoms with Gasteiger partial charge in [0.15, 0.2) is 0 Å². The molecule has 7 heteroatoms. The second kappa shape index (κ2) is 5.98. The number of pyridine rings is 2. The Labute approximate surface area is 124 Å². The first-order valence-corrected chi connectivity index (χ1v) is 6.68. The number of hydrogen-bond donors (Lipinski definition) is 3. The summed E-state index contributed by atoms with van der Waals surface area (Å²) in [4.78, 5) is 20.6. The zero-order valence-corrected chi connectivity index (χ0v) is 12.7. The zero-order valence-electron chi connectivity index (χ0n) is 11.1. The molecular formula is C13H14BrN5O. The highest BCUT2D eigenvalue weighted by Crippen LogP contribution is 2.17. The average molecular weight is 336 g/mol. The summed E-state index contributed by atoms with van der Waals surface area (Å²) < 4.78 is 0.893. The van der Waals surface area contributed by atoms with Crippen LogP contribution in [0.5, 0.6) is 0 Å². The smallest absolute Gasteiger partial charge is 0.257 e. The van der Waals surface area contributed by atoms with Crippen LogP contribution in [-0.2, 0) is 0 Å². The molecular weight excluding hydrogens is 322 g/mol. The highest BCUT2D eigenvalue weighted by Gasteiger charge is 2.10. The normalized spacial score (nSPS) is 10.2. The molecule has 0 unspecified atom stereocenters. The van der Waals surface area contributed by atoms with Gasteiger partial charge in [0.2, 0.25) is 0 Å². The topological polar surface area (TPSA) is 92.9 Å². The Morgan fingerprint density at radius 2 is 1.95 bits per heavy atom. The summed E-state index contributed by atoms with van der Waals surface area (Å²) in [7, 11) is 0. The first-order chi connectivity index (χ1) is 9.49. The minimum atomic E-state index is -0.263. The number of hydrogen-bond acceptors (Lipinski definition) is 5. The Balaban J connectivity index is 2.23. The molecule has 6 nitrogen and oxygen atoms in total. The summed E-state index contributed by atoms with van der Waals surface area (Å²) in [6, 6.07) is 6.82. The number of nitrogens with one attached hydrogen (secondary N) is 2. The van der Waals surface area contributed by atoms with E-state index in [1.807, 2.05) is 13.0 Å². The van der Waals surface area contributed by atoms with Crippen molar-refractivity contribution in [3.8, 4) is 0 Å². The van der Waals surface area contributed by atoms with Crippen LogP contribution in [0.4, 0.5) is 11.6 Å². The van der Waals surface area contributed by atoms with Gasteiger partial charge in [0.05, 0.1) is 5.69 Å². The lowest BCUT2D eigenvalue weighted by Crippen LogP contribution is -2.16. The number of nitrogens with two attached hydrogens (primary N) is 1. The Hall–Kier alpha value is -1.99. The molecule has 0 bridgehead atoms. The molecule has 20 heavy (non-hydrogen) atoms. The highest BCUT2D eigenvalue weighted by atomic mass is 79.9. The predicted octanol–water partition coefficient (Wildman–Crippen LogP) is 2.39. The second-order valence-corrected chi connectivity index (χ2v) is 5.10. The lowest BCUT2D eigenvalue weighted by atomic mass is 10.2. The molecule has 0 saturated carbocycles. The van der Waals surface area contributed by atoms with Gasteiger partial charge >= 0.3 is 0 Å². The van der Waals surface area contributed by atoms with Crippen molar-refractivity contribution in [1.82, 2.24) is 9.97 Å². The van der Waals surface area contributed by atoms with Crippen LogP contribution in [0.15, 0.2) is 28.7 Å². The van der Waals surface area contributed by atoms with Crippen molar-refractivity contribution in [3.05, 3.63) is 45.7 Å². The molecule has 0 radical (unpaired) electrons. The van der Waals surface area contributed by atoms with Crippen molar-refractivity contribution in [2.24, 2.45) is 5.84 Å². The number of amides is 1. The fourth-order valence-corrected chi connectivity index (χ4v) is 1.90. The summed E-state index contributed by atoms with van der Waals surface area (Å²) in [5, 5.41) is 2.74. The number of aryl methyl sites for hydroxylation is 2. The Morgan fingerprint density at radius 3 is 2.60 bits per heavy atom. The SMILES string of the molecule is Cc1cc(C(=O)Nc2ccc(Br)c(C)n2)cc(NN)n1. The van der Waals surface area contributed by atoms with E-state index in [0.29, 0.717) is 22.9 Å². The lowest BCUT2D eigenvalue weighted by molar-refractivity contribution is 0.102. The van der Waals surface area contributed by atoms with Crippen LogP contribution < -0.4 is 16.6 Å². The molecule has 0 aromatic carbocycles. The van der Waals surface area contributed by atoms with Crippen molar-refractivity contribution < 1.29 is 4.79 Å². The molecule has 2 aromatic rings. The Bertz CT molecular complexity index is 659. The first-order valence-electron chi connectivity index (χ1n) is 5.89. The molecule has 2 rings (SSSR count). The summed E-state index contributed by atoms with van der Waals surface area (Å²) in [5.74, 6) is 5.99. The molecule has 4 N–H and O–H groups in total. The first kappa shape index (κ1) is 14.4. The van der Waals surface area contributed by atoms with E-state index in [1.165, 1.54) is 0 Å². The molecule has 104 valence electrons. The van der Waals surface area contributed by atoms with Crippen molar-refractivity contribution in [1.29, 1.82) is 0 Å². The van der Waals surface area contributed by atoms with Crippen LogP contribution in [0.1, 0.15) is 21.7 Å². The molecule has 2 heterocycles. The van der Waals surface area contributed by atoms with Gasteiger partial charge in [-0.2, -0.15) is 0 Å². The van der Waals surface area contributed by atoms with Gasteiger partial charge in [0.1, 0.15) is 11.6 Å². The Morgan fingerprint density at radius 1 is 1.20 bits per heavy atom. The average Bonchev–Trinajstić information content (AvgIpc) is 2.42. The minimum Gasteiger partial charge on any atom is -0.308 e. The van der Waals surface area contributed by atoms with Crippen LogP contribution in [0.25, 0.3) is 0 Å². The summed E-state index contributed by atoms with van der Waals surface area (Å²) in [5.41, 5.74) is 4.40. The molecule has 0 fully saturated rings. The van der Waals surface area contributed by atoms with E-state index in [2.05, 4.69) is 36.6 Å².